The Kier molecular flexibility index (Phi) is 5.39. The maximum atomic E-state index is 12.8. The predicted octanol–water partition coefficient (Wildman–Crippen LogP) is 2.45. The molecule has 1 N–H and O–H groups in total. The Hall–Kier alpha value is -2.96. The Bertz CT molecular complexity index is 849. The maximum Gasteiger partial charge on any atom is 0.272 e. The number of benzene rings is 1. The molecule has 0 atom stereocenters. The van der Waals surface area contributed by atoms with Crippen molar-refractivity contribution in [2.75, 3.05) is 31.5 Å². The molecule has 27 heavy (non-hydrogen) atoms. The van der Waals surface area contributed by atoms with Gasteiger partial charge in [0, 0.05) is 44.9 Å². The standard InChI is InChI=1S/C20H25N5O2/c1-13-9-14(2)19(15(3)10-13)23-18-11-17(21-12-22-18)20(27)25-7-5-24(6-8-25)16(4)26/h9-12H,5-8H2,1-4H3,(H,21,22,23). The summed E-state index contributed by atoms with van der Waals surface area (Å²) in [7, 11) is 0. The average molecular weight is 367 g/mol. The Morgan fingerprint density at radius 3 is 2.11 bits per heavy atom. The second kappa shape index (κ2) is 7.73. The van der Waals surface area contributed by atoms with Crippen LogP contribution in [0.5, 0.6) is 0 Å². The number of hydrogen-bond donors (Lipinski definition) is 1. The Morgan fingerprint density at radius 2 is 1.52 bits per heavy atom. The molecule has 2 heterocycles. The smallest absolute Gasteiger partial charge is 0.272 e. The van der Waals surface area contributed by atoms with Gasteiger partial charge in [-0.25, -0.2) is 9.97 Å². The molecule has 142 valence electrons. The summed E-state index contributed by atoms with van der Waals surface area (Å²) in [5.41, 5.74) is 4.80. The quantitative estimate of drug-likeness (QED) is 0.902. The van der Waals surface area contributed by atoms with Crippen molar-refractivity contribution in [1.82, 2.24) is 19.8 Å². The lowest BCUT2D eigenvalue weighted by molar-refractivity contribution is -0.130. The molecule has 0 bridgehead atoms. The fourth-order valence-electron chi connectivity index (χ4n) is 3.43. The molecule has 1 aromatic heterocycles. The molecule has 1 fully saturated rings. The number of rotatable bonds is 3. The van der Waals surface area contributed by atoms with E-state index in [4.69, 9.17) is 0 Å². The molecule has 7 heteroatoms. The molecule has 7 nitrogen and oxygen atoms in total. The minimum Gasteiger partial charge on any atom is -0.340 e. The van der Waals surface area contributed by atoms with Crippen molar-refractivity contribution >= 4 is 23.3 Å². The highest BCUT2D eigenvalue weighted by atomic mass is 16.2. The number of aromatic nitrogens is 2. The van der Waals surface area contributed by atoms with Gasteiger partial charge in [-0.1, -0.05) is 17.7 Å². The highest BCUT2D eigenvalue weighted by Crippen LogP contribution is 2.25. The van der Waals surface area contributed by atoms with Gasteiger partial charge in [0.25, 0.3) is 5.91 Å². The summed E-state index contributed by atoms with van der Waals surface area (Å²) in [6.07, 6.45) is 1.40. The Labute approximate surface area is 159 Å². The van der Waals surface area contributed by atoms with Crippen LogP contribution in [-0.2, 0) is 4.79 Å². The first-order valence-corrected chi connectivity index (χ1v) is 9.07. The van der Waals surface area contributed by atoms with E-state index in [1.165, 1.54) is 11.9 Å². The second-order valence-electron chi connectivity index (χ2n) is 6.99. The summed E-state index contributed by atoms with van der Waals surface area (Å²) in [5.74, 6) is 0.492. The Morgan fingerprint density at radius 1 is 0.926 bits per heavy atom. The van der Waals surface area contributed by atoms with E-state index in [-0.39, 0.29) is 11.8 Å². The number of piperazine rings is 1. The number of nitrogens with zero attached hydrogens (tertiary/aromatic N) is 4. The van der Waals surface area contributed by atoms with Crippen LogP contribution in [0, 0.1) is 20.8 Å². The Balaban J connectivity index is 1.74. The van der Waals surface area contributed by atoms with Gasteiger partial charge in [0.15, 0.2) is 0 Å². The predicted molar refractivity (Wildman–Crippen MR) is 104 cm³/mol. The van der Waals surface area contributed by atoms with Gasteiger partial charge in [0.1, 0.15) is 17.8 Å². The SMILES string of the molecule is CC(=O)N1CCN(C(=O)c2cc(Nc3c(C)cc(C)cc3C)ncn2)CC1. The fraction of sp³-hybridized carbons (Fsp3) is 0.400. The van der Waals surface area contributed by atoms with E-state index in [9.17, 15) is 9.59 Å². The number of carbonyl (C=O) groups is 2. The normalized spacial score (nSPS) is 14.2. The van der Waals surface area contributed by atoms with Crippen LogP contribution in [0.1, 0.15) is 34.1 Å². The van der Waals surface area contributed by atoms with Crippen molar-refractivity contribution in [3.63, 3.8) is 0 Å². The molecule has 0 unspecified atom stereocenters. The van der Waals surface area contributed by atoms with E-state index in [1.54, 1.807) is 22.8 Å². The van der Waals surface area contributed by atoms with Crippen LogP contribution >= 0.6 is 0 Å². The van der Waals surface area contributed by atoms with Crippen molar-refractivity contribution in [1.29, 1.82) is 0 Å². The lowest BCUT2D eigenvalue weighted by Gasteiger charge is -2.34. The van der Waals surface area contributed by atoms with Crippen LogP contribution in [0.3, 0.4) is 0 Å². The van der Waals surface area contributed by atoms with Gasteiger partial charge in [-0.3, -0.25) is 9.59 Å². The van der Waals surface area contributed by atoms with E-state index >= 15 is 0 Å². The zero-order valence-corrected chi connectivity index (χ0v) is 16.2. The van der Waals surface area contributed by atoms with Crippen LogP contribution in [0.15, 0.2) is 24.5 Å². The largest absolute Gasteiger partial charge is 0.340 e. The summed E-state index contributed by atoms with van der Waals surface area (Å²) in [4.78, 5) is 36.1. The third-order valence-corrected chi connectivity index (χ3v) is 4.83. The summed E-state index contributed by atoms with van der Waals surface area (Å²) in [6.45, 7) is 9.85. The third kappa shape index (κ3) is 4.24. The molecule has 0 radical (unpaired) electrons. The molecule has 0 spiro atoms. The zero-order valence-electron chi connectivity index (χ0n) is 16.2. The lowest BCUT2D eigenvalue weighted by Crippen LogP contribution is -2.50. The van der Waals surface area contributed by atoms with Gasteiger partial charge in [-0.05, 0) is 31.9 Å². The highest BCUT2D eigenvalue weighted by Gasteiger charge is 2.24. The third-order valence-electron chi connectivity index (χ3n) is 4.83. The van der Waals surface area contributed by atoms with Crippen LogP contribution in [0.2, 0.25) is 0 Å². The number of anilines is 2. The van der Waals surface area contributed by atoms with Gasteiger partial charge in [0.2, 0.25) is 5.91 Å². The number of amides is 2. The van der Waals surface area contributed by atoms with Crippen LogP contribution < -0.4 is 5.32 Å². The highest BCUT2D eigenvalue weighted by molar-refractivity contribution is 5.93. The first kappa shape index (κ1) is 18.8. The summed E-state index contributed by atoms with van der Waals surface area (Å²) in [6, 6.07) is 5.90. The lowest BCUT2D eigenvalue weighted by atomic mass is 10.1. The van der Waals surface area contributed by atoms with E-state index in [2.05, 4.69) is 34.3 Å². The van der Waals surface area contributed by atoms with Crippen molar-refractivity contribution in [2.24, 2.45) is 0 Å². The molecule has 0 aliphatic carbocycles. The van der Waals surface area contributed by atoms with Gasteiger partial charge < -0.3 is 15.1 Å². The van der Waals surface area contributed by atoms with Crippen molar-refractivity contribution in [3.05, 3.63) is 46.9 Å². The molecule has 0 saturated carbocycles. The zero-order chi connectivity index (χ0) is 19.6. The minimum atomic E-state index is -0.138. The van der Waals surface area contributed by atoms with Gasteiger partial charge >= 0.3 is 0 Å². The first-order valence-electron chi connectivity index (χ1n) is 9.07. The molecular weight excluding hydrogens is 342 g/mol. The molecule has 1 aromatic carbocycles. The molecular formula is C20H25N5O2. The van der Waals surface area contributed by atoms with E-state index in [1.807, 2.05) is 13.8 Å². The van der Waals surface area contributed by atoms with E-state index in [0.29, 0.717) is 37.7 Å². The van der Waals surface area contributed by atoms with Crippen molar-refractivity contribution in [2.45, 2.75) is 27.7 Å². The summed E-state index contributed by atoms with van der Waals surface area (Å²) < 4.78 is 0. The number of carbonyl (C=O) groups excluding carboxylic acids is 2. The average Bonchev–Trinajstić information content (AvgIpc) is 2.64. The van der Waals surface area contributed by atoms with Crippen LogP contribution in [0.25, 0.3) is 0 Å². The van der Waals surface area contributed by atoms with Crippen molar-refractivity contribution in [3.8, 4) is 0 Å². The molecule has 1 saturated heterocycles. The number of hydrogen-bond acceptors (Lipinski definition) is 5. The summed E-state index contributed by atoms with van der Waals surface area (Å²) >= 11 is 0. The molecule has 2 aromatic rings. The maximum absolute atomic E-state index is 12.8. The minimum absolute atomic E-state index is 0.0412. The molecule has 1 aliphatic rings. The van der Waals surface area contributed by atoms with Gasteiger partial charge in [0.05, 0.1) is 0 Å². The first-order chi connectivity index (χ1) is 12.8. The molecule has 3 rings (SSSR count). The topological polar surface area (TPSA) is 78.4 Å². The second-order valence-corrected chi connectivity index (χ2v) is 6.99. The molecule has 2 amide bonds. The van der Waals surface area contributed by atoms with Gasteiger partial charge in [-0.2, -0.15) is 0 Å². The van der Waals surface area contributed by atoms with Crippen LogP contribution in [-0.4, -0.2) is 57.8 Å². The monoisotopic (exact) mass is 367 g/mol. The molecule has 1 aliphatic heterocycles. The van der Waals surface area contributed by atoms with Crippen LogP contribution in [0.4, 0.5) is 11.5 Å². The van der Waals surface area contributed by atoms with E-state index < -0.39 is 0 Å². The fourth-order valence-corrected chi connectivity index (χ4v) is 3.43. The number of nitrogens with one attached hydrogen (secondary N) is 1. The van der Waals surface area contributed by atoms with E-state index in [0.717, 1.165) is 16.8 Å². The number of aryl methyl sites for hydroxylation is 3. The van der Waals surface area contributed by atoms with Crippen molar-refractivity contribution < 1.29 is 9.59 Å². The summed E-state index contributed by atoms with van der Waals surface area (Å²) in [5, 5.41) is 3.31. The van der Waals surface area contributed by atoms with Gasteiger partial charge in [-0.15, -0.1) is 0 Å².